The van der Waals surface area contributed by atoms with Crippen LogP contribution >= 0.6 is 7.37 Å². The van der Waals surface area contributed by atoms with Gasteiger partial charge in [0.2, 0.25) is 7.37 Å². The summed E-state index contributed by atoms with van der Waals surface area (Å²) >= 11 is 0. The third-order valence-corrected chi connectivity index (χ3v) is 4.04. The number of carboxylic acids is 1. The van der Waals surface area contributed by atoms with Gasteiger partial charge in [-0.15, -0.1) is 0 Å². The minimum atomic E-state index is -3.36. The van der Waals surface area contributed by atoms with E-state index in [1.165, 1.54) is 0 Å². The Bertz CT molecular complexity index is 374. The molecular formula is C10H13O4P. The number of aliphatic carboxylic acids is 1. The third-order valence-electron chi connectivity index (χ3n) is 2.01. The highest BCUT2D eigenvalue weighted by Gasteiger charge is 2.20. The Labute approximate surface area is 88.0 Å². The minimum Gasteiger partial charge on any atom is -0.481 e. The smallest absolute Gasteiger partial charge is 0.303 e. The van der Waals surface area contributed by atoms with E-state index in [0.717, 1.165) is 0 Å². The lowest BCUT2D eigenvalue weighted by Gasteiger charge is -2.10. The number of benzene rings is 1. The molecule has 5 heteroatoms. The van der Waals surface area contributed by atoms with Crippen molar-refractivity contribution in [2.24, 2.45) is 0 Å². The van der Waals surface area contributed by atoms with Crippen molar-refractivity contribution in [1.82, 2.24) is 0 Å². The Morgan fingerprint density at radius 3 is 2.40 bits per heavy atom. The largest absolute Gasteiger partial charge is 0.481 e. The Morgan fingerprint density at radius 1 is 1.27 bits per heavy atom. The summed E-state index contributed by atoms with van der Waals surface area (Å²) in [6.45, 7) is 0. The average molecular weight is 228 g/mol. The van der Waals surface area contributed by atoms with Gasteiger partial charge in [-0.1, -0.05) is 18.2 Å². The van der Waals surface area contributed by atoms with Crippen LogP contribution in [0.2, 0.25) is 0 Å². The first kappa shape index (κ1) is 12.0. The van der Waals surface area contributed by atoms with Crippen molar-refractivity contribution in [1.29, 1.82) is 0 Å². The highest BCUT2D eigenvalue weighted by molar-refractivity contribution is 7.66. The Morgan fingerprint density at radius 2 is 1.87 bits per heavy atom. The van der Waals surface area contributed by atoms with Crippen molar-refractivity contribution in [2.45, 2.75) is 12.8 Å². The van der Waals surface area contributed by atoms with E-state index in [-0.39, 0.29) is 19.0 Å². The van der Waals surface area contributed by atoms with Gasteiger partial charge in [0.05, 0.1) is 0 Å². The highest BCUT2D eigenvalue weighted by Crippen LogP contribution is 2.39. The number of carbonyl (C=O) groups is 1. The molecule has 0 saturated heterocycles. The molecule has 82 valence electrons. The summed E-state index contributed by atoms with van der Waals surface area (Å²) in [6.07, 6.45) is 0.165. The van der Waals surface area contributed by atoms with Crippen LogP contribution in [0.3, 0.4) is 0 Å². The van der Waals surface area contributed by atoms with Gasteiger partial charge in [-0.2, -0.15) is 0 Å². The second kappa shape index (κ2) is 5.10. The molecule has 15 heavy (non-hydrogen) atoms. The summed E-state index contributed by atoms with van der Waals surface area (Å²) in [5.74, 6) is -0.942. The fourth-order valence-electron chi connectivity index (χ4n) is 1.23. The third kappa shape index (κ3) is 3.86. The van der Waals surface area contributed by atoms with Gasteiger partial charge in [0.15, 0.2) is 0 Å². The predicted octanol–water partition coefficient (Wildman–Crippen LogP) is 1.45. The van der Waals surface area contributed by atoms with Crippen LogP contribution in [0.5, 0.6) is 0 Å². The SMILES string of the molecule is O=C(O)CCCP(=O)(O)c1ccccc1. The van der Waals surface area contributed by atoms with Crippen molar-refractivity contribution in [2.75, 3.05) is 6.16 Å². The molecule has 1 atom stereocenters. The van der Waals surface area contributed by atoms with Crippen molar-refractivity contribution in [3.8, 4) is 0 Å². The number of hydrogen-bond donors (Lipinski definition) is 2. The second-order valence-electron chi connectivity index (χ2n) is 3.26. The molecule has 0 amide bonds. The first-order valence-electron chi connectivity index (χ1n) is 4.61. The van der Waals surface area contributed by atoms with Crippen molar-refractivity contribution in [3.63, 3.8) is 0 Å². The first-order valence-corrected chi connectivity index (χ1v) is 6.46. The molecular weight excluding hydrogens is 215 g/mol. The number of rotatable bonds is 5. The fourth-order valence-corrected chi connectivity index (χ4v) is 2.72. The zero-order valence-corrected chi connectivity index (χ0v) is 9.06. The van der Waals surface area contributed by atoms with Crippen LogP contribution in [0.25, 0.3) is 0 Å². The molecule has 0 aliphatic carbocycles. The maximum absolute atomic E-state index is 11.8. The molecule has 1 aromatic carbocycles. The monoisotopic (exact) mass is 228 g/mol. The summed E-state index contributed by atoms with van der Waals surface area (Å²) in [7, 11) is -3.36. The molecule has 0 heterocycles. The van der Waals surface area contributed by atoms with Gasteiger partial charge in [0, 0.05) is 17.9 Å². The molecule has 1 rings (SSSR count). The van der Waals surface area contributed by atoms with Crippen molar-refractivity contribution >= 4 is 18.6 Å². The van der Waals surface area contributed by atoms with Crippen LogP contribution in [0, 0.1) is 0 Å². The van der Waals surface area contributed by atoms with Gasteiger partial charge in [-0.3, -0.25) is 9.36 Å². The molecule has 0 spiro atoms. The fraction of sp³-hybridized carbons (Fsp3) is 0.300. The van der Waals surface area contributed by atoms with E-state index >= 15 is 0 Å². The van der Waals surface area contributed by atoms with E-state index in [4.69, 9.17) is 5.11 Å². The maximum atomic E-state index is 11.8. The molecule has 4 nitrogen and oxygen atoms in total. The number of hydrogen-bond acceptors (Lipinski definition) is 2. The summed E-state index contributed by atoms with van der Waals surface area (Å²) in [5, 5.41) is 8.79. The summed E-state index contributed by atoms with van der Waals surface area (Å²) in [5.41, 5.74) is 0. The van der Waals surface area contributed by atoms with Gasteiger partial charge >= 0.3 is 5.97 Å². The van der Waals surface area contributed by atoms with Crippen LogP contribution in [0.4, 0.5) is 0 Å². The predicted molar refractivity (Wildman–Crippen MR) is 57.6 cm³/mol. The standard InChI is InChI=1S/C10H13O4P/c11-10(12)7-4-8-15(13,14)9-5-2-1-3-6-9/h1-3,5-6H,4,7-8H2,(H,11,12)(H,13,14). The van der Waals surface area contributed by atoms with E-state index in [0.29, 0.717) is 5.30 Å². The van der Waals surface area contributed by atoms with Crippen molar-refractivity contribution < 1.29 is 19.4 Å². The molecule has 0 aliphatic rings. The molecule has 0 fully saturated rings. The Kier molecular flexibility index (Phi) is 4.06. The molecule has 0 aromatic heterocycles. The number of carboxylic acid groups (broad SMARTS) is 1. The molecule has 0 radical (unpaired) electrons. The van der Waals surface area contributed by atoms with Crippen LogP contribution in [0.15, 0.2) is 30.3 Å². The van der Waals surface area contributed by atoms with Gasteiger partial charge in [-0.05, 0) is 18.6 Å². The van der Waals surface area contributed by atoms with Crippen LogP contribution in [-0.4, -0.2) is 22.1 Å². The lowest BCUT2D eigenvalue weighted by Crippen LogP contribution is -2.07. The van der Waals surface area contributed by atoms with E-state index in [2.05, 4.69) is 0 Å². The molecule has 2 N–H and O–H groups in total. The quantitative estimate of drug-likeness (QED) is 0.748. The molecule has 0 saturated carbocycles. The van der Waals surface area contributed by atoms with Crippen LogP contribution in [0.1, 0.15) is 12.8 Å². The average Bonchev–Trinajstić information content (AvgIpc) is 2.18. The van der Waals surface area contributed by atoms with Crippen LogP contribution < -0.4 is 5.30 Å². The van der Waals surface area contributed by atoms with E-state index in [1.807, 2.05) is 0 Å². The van der Waals surface area contributed by atoms with Crippen LogP contribution in [-0.2, 0) is 9.36 Å². The summed E-state index contributed by atoms with van der Waals surface area (Å²) in [4.78, 5) is 19.9. The zero-order valence-electron chi connectivity index (χ0n) is 8.17. The van der Waals surface area contributed by atoms with Crippen molar-refractivity contribution in [3.05, 3.63) is 30.3 Å². The Balaban J connectivity index is 2.60. The Hall–Kier alpha value is -1.12. The van der Waals surface area contributed by atoms with E-state index in [9.17, 15) is 14.3 Å². The normalized spacial score (nSPS) is 14.5. The molecule has 0 aliphatic heterocycles. The van der Waals surface area contributed by atoms with E-state index < -0.39 is 13.3 Å². The lowest BCUT2D eigenvalue weighted by atomic mass is 10.3. The minimum absolute atomic E-state index is 0.0172. The van der Waals surface area contributed by atoms with Gasteiger partial charge < -0.3 is 10.00 Å². The molecule has 1 aromatic rings. The second-order valence-corrected chi connectivity index (χ2v) is 5.62. The summed E-state index contributed by atoms with van der Waals surface area (Å²) < 4.78 is 11.8. The molecule has 0 bridgehead atoms. The first-order chi connectivity index (χ1) is 7.02. The van der Waals surface area contributed by atoms with E-state index in [1.54, 1.807) is 30.3 Å². The lowest BCUT2D eigenvalue weighted by molar-refractivity contribution is -0.137. The zero-order chi connectivity index (χ0) is 11.3. The van der Waals surface area contributed by atoms with Gasteiger partial charge in [0.1, 0.15) is 0 Å². The highest BCUT2D eigenvalue weighted by atomic mass is 31.2. The van der Waals surface area contributed by atoms with Gasteiger partial charge in [0.25, 0.3) is 0 Å². The summed E-state index contributed by atoms with van der Waals surface area (Å²) in [6, 6.07) is 8.31. The maximum Gasteiger partial charge on any atom is 0.303 e. The topological polar surface area (TPSA) is 74.6 Å². The van der Waals surface area contributed by atoms with Gasteiger partial charge in [-0.25, -0.2) is 0 Å². The molecule has 1 unspecified atom stereocenters.